The van der Waals surface area contributed by atoms with Gasteiger partial charge in [-0.25, -0.2) is 0 Å². The quantitative estimate of drug-likeness (QED) is 0.777. The van der Waals surface area contributed by atoms with Crippen LogP contribution in [0.4, 0.5) is 0 Å². The van der Waals surface area contributed by atoms with Crippen molar-refractivity contribution in [2.45, 2.75) is 31.4 Å². The van der Waals surface area contributed by atoms with Crippen molar-refractivity contribution in [2.75, 3.05) is 5.75 Å². The van der Waals surface area contributed by atoms with E-state index in [2.05, 4.69) is 10.2 Å². The average Bonchev–Trinajstić information content (AvgIpc) is 2.75. The molecule has 76 valence electrons. The van der Waals surface area contributed by atoms with Gasteiger partial charge in [-0.05, 0) is 24.7 Å². The first-order chi connectivity index (χ1) is 6.75. The Labute approximate surface area is 87.7 Å². The van der Waals surface area contributed by atoms with Gasteiger partial charge in [-0.15, -0.1) is 0 Å². The first-order valence-electron chi connectivity index (χ1n) is 4.92. The molecule has 0 amide bonds. The fourth-order valence-electron chi connectivity index (χ4n) is 1.70. The minimum absolute atomic E-state index is 0.0339. The summed E-state index contributed by atoms with van der Waals surface area (Å²) in [6, 6.07) is 1.88. The minimum atomic E-state index is 0.0339. The Morgan fingerprint density at radius 2 is 2.64 bits per heavy atom. The second-order valence-corrected chi connectivity index (χ2v) is 5.08. The van der Waals surface area contributed by atoms with Crippen molar-refractivity contribution in [2.24, 2.45) is 0 Å². The predicted octanol–water partition coefficient (Wildman–Crippen LogP) is 2.05. The molecule has 1 N–H and O–H groups in total. The van der Waals surface area contributed by atoms with Crippen LogP contribution in [0.5, 0.6) is 0 Å². The van der Waals surface area contributed by atoms with Crippen molar-refractivity contribution in [1.29, 1.82) is 0 Å². The zero-order chi connectivity index (χ0) is 9.97. The molecule has 1 aliphatic heterocycles. The zero-order valence-corrected chi connectivity index (χ0v) is 9.06. The smallest absolute Gasteiger partial charge is 0.179 e. The van der Waals surface area contributed by atoms with Crippen LogP contribution in [0.3, 0.4) is 0 Å². The average molecular weight is 210 g/mol. The standard InChI is InChI=1S/C10H14N2OS/c1-7(13)10-6-8(11-12-10)5-9-3-2-4-14-9/h6,9H,2-5H2,1H3,(H,11,12). The lowest BCUT2D eigenvalue weighted by molar-refractivity contribution is 0.101. The van der Waals surface area contributed by atoms with Crippen LogP contribution < -0.4 is 0 Å². The highest BCUT2D eigenvalue weighted by atomic mass is 32.2. The van der Waals surface area contributed by atoms with E-state index in [0.29, 0.717) is 5.69 Å². The third-order valence-electron chi connectivity index (χ3n) is 2.46. The van der Waals surface area contributed by atoms with E-state index < -0.39 is 0 Å². The molecule has 1 atom stereocenters. The highest BCUT2D eigenvalue weighted by molar-refractivity contribution is 8.00. The summed E-state index contributed by atoms with van der Waals surface area (Å²) in [5, 5.41) is 7.62. The third kappa shape index (κ3) is 2.18. The molecule has 0 saturated carbocycles. The summed E-state index contributed by atoms with van der Waals surface area (Å²) in [7, 11) is 0. The van der Waals surface area contributed by atoms with Crippen molar-refractivity contribution >= 4 is 17.5 Å². The molecule has 1 aliphatic rings. The van der Waals surface area contributed by atoms with Gasteiger partial charge >= 0.3 is 0 Å². The molecule has 3 nitrogen and oxygen atoms in total. The maximum Gasteiger partial charge on any atom is 0.179 e. The molecule has 2 rings (SSSR count). The number of carbonyl (C=O) groups excluding carboxylic acids is 1. The number of Topliss-reactive ketones (excluding diaryl/α,β-unsaturated/α-hetero) is 1. The molecule has 1 fully saturated rings. The lowest BCUT2D eigenvalue weighted by atomic mass is 10.1. The van der Waals surface area contributed by atoms with Crippen LogP contribution in [0.15, 0.2) is 6.07 Å². The monoisotopic (exact) mass is 210 g/mol. The predicted molar refractivity (Wildman–Crippen MR) is 57.8 cm³/mol. The van der Waals surface area contributed by atoms with Crippen molar-refractivity contribution < 1.29 is 4.79 Å². The summed E-state index contributed by atoms with van der Waals surface area (Å²) in [6.07, 6.45) is 3.63. The summed E-state index contributed by atoms with van der Waals surface area (Å²) in [5.74, 6) is 1.31. The summed E-state index contributed by atoms with van der Waals surface area (Å²) in [4.78, 5) is 11.0. The van der Waals surface area contributed by atoms with Crippen LogP contribution >= 0.6 is 11.8 Å². The fourth-order valence-corrected chi connectivity index (χ4v) is 2.99. The Balaban J connectivity index is 1.98. The van der Waals surface area contributed by atoms with E-state index in [9.17, 15) is 4.79 Å². The molecule has 1 unspecified atom stereocenters. The molecule has 2 heterocycles. The number of nitrogens with one attached hydrogen (secondary N) is 1. The van der Waals surface area contributed by atoms with Crippen LogP contribution in [0.2, 0.25) is 0 Å². The Kier molecular flexibility index (Phi) is 2.91. The van der Waals surface area contributed by atoms with Crippen molar-refractivity contribution in [3.05, 3.63) is 17.5 Å². The van der Waals surface area contributed by atoms with Crippen LogP contribution in [-0.2, 0) is 6.42 Å². The molecule has 0 aliphatic carbocycles. The Hall–Kier alpha value is -0.770. The van der Waals surface area contributed by atoms with Gasteiger partial charge in [0.2, 0.25) is 0 Å². The van der Waals surface area contributed by atoms with Gasteiger partial charge in [0.25, 0.3) is 0 Å². The normalized spacial score (nSPS) is 21.4. The van der Waals surface area contributed by atoms with Gasteiger partial charge in [-0.1, -0.05) is 0 Å². The Morgan fingerprint density at radius 3 is 3.21 bits per heavy atom. The van der Waals surface area contributed by atoms with Crippen LogP contribution in [0, 0.1) is 0 Å². The number of aromatic nitrogens is 2. The van der Waals surface area contributed by atoms with E-state index in [1.54, 1.807) is 6.92 Å². The number of carbonyl (C=O) groups is 1. The van der Waals surface area contributed by atoms with Crippen LogP contribution in [0.1, 0.15) is 35.9 Å². The number of aromatic amines is 1. The SMILES string of the molecule is CC(=O)c1cc(CC2CCCS2)[nH]n1. The summed E-state index contributed by atoms with van der Waals surface area (Å²) in [5.41, 5.74) is 1.65. The van der Waals surface area contributed by atoms with Crippen LogP contribution in [0.25, 0.3) is 0 Å². The van der Waals surface area contributed by atoms with Gasteiger partial charge in [-0.3, -0.25) is 9.89 Å². The molecule has 1 saturated heterocycles. The molecule has 14 heavy (non-hydrogen) atoms. The molecule has 4 heteroatoms. The van der Waals surface area contributed by atoms with Crippen molar-refractivity contribution in [3.63, 3.8) is 0 Å². The van der Waals surface area contributed by atoms with E-state index in [0.717, 1.165) is 17.4 Å². The zero-order valence-electron chi connectivity index (χ0n) is 8.25. The molecular formula is C10H14N2OS. The molecular weight excluding hydrogens is 196 g/mol. The number of nitrogens with zero attached hydrogens (tertiary/aromatic N) is 1. The first kappa shape index (κ1) is 9.77. The molecule has 0 radical (unpaired) electrons. The maximum absolute atomic E-state index is 11.0. The van der Waals surface area contributed by atoms with Crippen molar-refractivity contribution in [1.82, 2.24) is 10.2 Å². The Morgan fingerprint density at radius 1 is 1.79 bits per heavy atom. The third-order valence-corrected chi connectivity index (χ3v) is 3.86. The van der Waals surface area contributed by atoms with Gasteiger partial charge in [0.15, 0.2) is 5.78 Å². The summed E-state index contributed by atoms with van der Waals surface area (Å²) >= 11 is 2.02. The Bertz CT molecular complexity index is 329. The van der Waals surface area contributed by atoms with E-state index in [-0.39, 0.29) is 5.78 Å². The van der Waals surface area contributed by atoms with E-state index in [1.807, 2.05) is 17.8 Å². The number of ketones is 1. The number of rotatable bonds is 3. The number of hydrogen-bond donors (Lipinski definition) is 1. The van der Waals surface area contributed by atoms with Gasteiger partial charge in [0.05, 0.1) is 0 Å². The molecule has 1 aromatic rings. The second-order valence-electron chi connectivity index (χ2n) is 3.67. The summed E-state index contributed by atoms with van der Waals surface area (Å²) in [6.45, 7) is 1.55. The maximum atomic E-state index is 11.0. The van der Waals surface area contributed by atoms with Gasteiger partial charge in [-0.2, -0.15) is 16.9 Å². The number of H-pyrrole nitrogens is 1. The molecule has 0 aromatic carbocycles. The lowest BCUT2D eigenvalue weighted by Crippen LogP contribution is -2.01. The molecule has 0 spiro atoms. The van der Waals surface area contributed by atoms with Gasteiger partial charge < -0.3 is 0 Å². The number of thioether (sulfide) groups is 1. The largest absolute Gasteiger partial charge is 0.293 e. The highest BCUT2D eigenvalue weighted by Gasteiger charge is 2.17. The molecule has 1 aromatic heterocycles. The van der Waals surface area contributed by atoms with E-state index in [1.165, 1.54) is 18.6 Å². The van der Waals surface area contributed by atoms with E-state index >= 15 is 0 Å². The van der Waals surface area contributed by atoms with Crippen LogP contribution in [-0.4, -0.2) is 27.0 Å². The van der Waals surface area contributed by atoms with Gasteiger partial charge in [0.1, 0.15) is 5.69 Å². The number of hydrogen-bond acceptors (Lipinski definition) is 3. The first-order valence-corrected chi connectivity index (χ1v) is 5.97. The van der Waals surface area contributed by atoms with Gasteiger partial charge in [0, 0.05) is 24.3 Å². The fraction of sp³-hybridized carbons (Fsp3) is 0.600. The summed E-state index contributed by atoms with van der Waals surface area (Å²) < 4.78 is 0. The highest BCUT2D eigenvalue weighted by Crippen LogP contribution is 2.28. The van der Waals surface area contributed by atoms with E-state index in [4.69, 9.17) is 0 Å². The second kappa shape index (κ2) is 4.17. The topological polar surface area (TPSA) is 45.8 Å². The van der Waals surface area contributed by atoms with Crippen molar-refractivity contribution in [3.8, 4) is 0 Å². The minimum Gasteiger partial charge on any atom is -0.293 e. The molecule has 0 bridgehead atoms. The lowest BCUT2D eigenvalue weighted by Gasteiger charge is -2.04.